The van der Waals surface area contributed by atoms with Crippen LogP contribution in [0.1, 0.15) is 18.2 Å². The molecule has 1 aromatic heterocycles. The van der Waals surface area contributed by atoms with Gasteiger partial charge >= 0.3 is 0 Å². The molecular formula is C13H11ClFNO. The van der Waals surface area contributed by atoms with E-state index in [0.29, 0.717) is 16.3 Å². The fourth-order valence-corrected chi connectivity index (χ4v) is 1.79. The summed E-state index contributed by atoms with van der Waals surface area (Å²) in [5.74, 6) is -0.435. The highest BCUT2D eigenvalue weighted by Crippen LogP contribution is 2.29. The molecule has 0 saturated heterocycles. The van der Waals surface area contributed by atoms with Gasteiger partial charge in [0.05, 0.1) is 11.9 Å². The number of benzene rings is 1. The fraction of sp³-hybridized carbons (Fsp3) is 0.154. The van der Waals surface area contributed by atoms with Gasteiger partial charge in [-0.15, -0.1) is 0 Å². The maximum atomic E-state index is 12.8. The summed E-state index contributed by atoms with van der Waals surface area (Å²) in [6, 6.07) is 9.59. The number of halogens is 2. The van der Waals surface area contributed by atoms with E-state index in [1.807, 2.05) is 0 Å². The highest BCUT2D eigenvalue weighted by molar-refractivity contribution is 6.30. The predicted octanol–water partition coefficient (Wildman–Crippen LogP) is 3.13. The van der Waals surface area contributed by atoms with Crippen molar-refractivity contribution in [1.82, 2.24) is 4.98 Å². The van der Waals surface area contributed by atoms with E-state index in [2.05, 4.69) is 4.98 Å². The van der Waals surface area contributed by atoms with Crippen molar-refractivity contribution in [3.05, 3.63) is 64.7 Å². The first-order chi connectivity index (χ1) is 8.00. The summed E-state index contributed by atoms with van der Waals surface area (Å²) in [5, 5.41) is 11.0. The van der Waals surface area contributed by atoms with E-state index in [4.69, 9.17) is 11.6 Å². The van der Waals surface area contributed by atoms with E-state index in [1.165, 1.54) is 12.1 Å². The van der Waals surface area contributed by atoms with Crippen LogP contribution in [-0.2, 0) is 5.60 Å². The quantitative estimate of drug-likeness (QED) is 0.890. The molecule has 1 heterocycles. The Balaban J connectivity index is 2.45. The van der Waals surface area contributed by atoms with Crippen LogP contribution in [0.2, 0.25) is 5.02 Å². The van der Waals surface area contributed by atoms with Crippen molar-refractivity contribution in [1.29, 1.82) is 0 Å². The average Bonchev–Trinajstić information content (AvgIpc) is 2.29. The number of hydrogen-bond acceptors (Lipinski definition) is 2. The van der Waals surface area contributed by atoms with Crippen LogP contribution in [0.4, 0.5) is 4.39 Å². The van der Waals surface area contributed by atoms with Gasteiger partial charge in [-0.1, -0.05) is 23.7 Å². The molecule has 1 atom stereocenters. The largest absolute Gasteiger partial charge is 0.379 e. The molecule has 2 aromatic rings. The summed E-state index contributed by atoms with van der Waals surface area (Å²) in [5.41, 5.74) is -0.302. The second-order valence-electron chi connectivity index (χ2n) is 3.94. The van der Waals surface area contributed by atoms with E-state index >= 15 is 0 Å². The van der Waals surface area contributed by atoms with Gasteiger partial charge in [-0.25, -0.2) is 4.39 Å². The predicted molar refractivity (Wildman–Crippen MR) is 64.3 cm³/mol. The van der Waals surface area contributed by atoms with E-state index in [9.17, 15) is 9.50 Å². The van der Waals surface area contributed by atoms with Crippen molar-refractivity contribution < 1.29 is 9.50 Å². The van der Waals surface area contributed by atoms with Gasteiger partial charge in [0.25, 0.3) is 0 Å². The minimum absolute atomic E-state index is 0.376. The first kappa shape index (κ1) is 12.0. The number of aromatic nitrogens is 1. The highest BCUT2D eigenvalue weighted by Gasteiger charge is 2.27. The molecule has 2 nitrogen and oxygen atoms in total. The van der Waals surface area contributed by atoms with Crippen LogP contribution in [0.15, 0.2) is 42.6 Å². The van der Waals surface area contributed by atoms with Crippen LogP contribution in [0.3, 0.4) is 0 Å². The molecule has 0 saturated carbocycles. The molecular weight excluding hydrogens is 241 g/mol. The highest BCUT2D eigenvalue weighted by atomic mass is 35.5. The van der Waals surface area contributed by atoms with Crippen molar-refractivity contribution in [2.75, 3.05) is 0 Å². The molecule has 0 spiro atoms. The number of rotatable bonds is 2. The molecule has 0 aliphatic heterocycles. The van der Waals surface area contributed by atoms with E-state index in [1.54, 1.807) is 31.2 Å². The third-order valence-corrected chi connectivity index (χ3v) is 2.85. The van der Waals surface area contributed by atoms with Crippen LogP contribution < -0.4 is 0 Å². The Kier molecular flexibility index (Phi) is 3.13. The minimum Gasteiger partial charge on any atom is -0.379 e. The Morgan fingerprint density at radius 3 is 2.65 bits per heavy atom. The Morgan fingerprint density at radius 2 is 2.06 bits per heavy atom. The molecule has 0 aliphatic rings. The molecule has 17 heavy (non-hydrogen) atoms. The second kappa shape index (κ2) is 4.43. The summed E-state index contributed by atoms with van der Waals surface area (Å²) < 4.78 is 12.8. The SMILES string of the molecule is CC(O)(c1cccc(Cl)c1)c1ccc(F)cn1. The molecule has 4 heteroatoms. The summed E-state index contributed by atoms with van der Waals surface area (Å²) in [7, 11) is 0. The molecule has 1 unspecified atom stereocenters. The zero-order chi connectivity index (χ0) is 12.5. The van der Waals surface area contributed by atoms with Crippen LogP contribution in [0, 0.1) is 5.82 Å². The molecule has 0 fully saturated rings. The van der Waals surface area contributed by atoms with Gasteiger partial charge in [-0.2, -0.15) is 0 Å². The third kappa shape index (κ3) is 2.46. The average molecular weight is 252 g/mol. The Morgan fingerprint density at radius 1 is 1.29 bits per heavy atom. The normalized spacial score (nSPS) is 14.4. The van der Waals surface area contributed by atoms with Gasteiger partial charge in [-0.05, 0) is 36.8 Å². The van der Waals surface area contributed by atoms with Crippen molar-refractivity contribution in [3.63, 3.8) is 0 Å². The lowest BCUT2D eigenvalue weighted by Crippen LogP contribution is -2.24. The molecule has 1 aromatic carbocycles. The molecule has 2 rings (SSSR count). The Bertz CT molecular complexity index is 525. The Labute approximate surface area is 104 Å². The fourth-order valence-electron chi connectivity index (χ4n) is 1.60. The van der Waals surface area contributed by atoms with Crippen molar-refractivity contribution in [2.24, 2.45) is 0 Å². The zero-order valence-electron chi connectivity index (χ0n) is 9.19. The van der Waals surface area contributed by atoms with Gasteiger partial charge < -0.3 is 5.11 Å². The maximum absolute atomic E-state index is 12.8. The van der Waals surface area contributed by atoms with Gasteiger partial charge in [0, 0.05) is 5.02 Å². The van der Waals surface area contributed by atoms with E-state index in [-0.39, 0.29) is 0 Å². The summed E-state index contributed by atoms with van der Waals surface area (Å²) in [6.45, 7) is 1.60. The molecule has 1 N–H and O–H groups in total. The van der Waals surface area contributed by atoms with Crippen molar-refractivity contribution >= 4 is 11.6 Å². The maximum Gasteiger partial charge on any atom is 0.141 e. The van der Waals surface area contributed by atoms with Gasteiger partial charge in [0.15, 0.2) is 0 Å². The lowest BCUT2D eigenvalue weighted by molar-refractivity contribution is 0.0972. The summed E-state index contributed by atoms with van der Waals surface area (Å²) in [4.78, 5) is 3.89. The summed E-state index contributed by atoms with van der Waals surface area (Å²) >= 11 is 5.87. The minimum atomic E-state index is -1.29. The van der Waals surface area contributed by atoms with Crippen LogP contribution >= 0.6 is 11.6 Å². The standard InChI is InChI=1S/C13H11ClFNO/c1-13(17,9-3-2-4-10(14)7-9)12-6-5-11(15)8-16-12/h2-8,17H,1H3. The summed E-state index contributed by atoms with van der Waals surface area (Å²) in [6.07, 6.45) is 1.08. The molecule has 0 amide bonds. The van der Waals surface area contributed by atoms with Crippen LogP contribution in [-0.4, -0.2) is 10.1 Å². The lowest BCUT2D eigenvalue weighted by Gasteiger charge is -2.23. The van der Waals surface area contributed by atoms with E-state index < -0.39 is 11.4 Å². The van der Waals surface area contributed by atoms with Gasteiger partial charge in [-0.3, -0.25) is 4.98 Å². The zero-order valence-corrected chi connectivity index (χ0v) is 9.95. The van der Waals surface area contributed by atoms with Crippen molar-refractivity contribution in [3.8, 4) is 0 Å². The molecule has 0 bridgehead atoms. The van der Waals surface area contributed by atoms with Crippen molar-refractivity contribution in [2.45, 2.75) is 12.5 Å². The van der Waals surface area contributed by atoms with Gasteiger partial charge in [0.2, 0.25) is 0 Å². The molecule has 88 valence electrons. The smallest absolute Gasteiger partial charge is 0.141 e. The van der Waals surface area contributed by atoms with E-state index in [0.717, 1.165) is 6.20 Å². The lowest BCUT2D eigenvalue weighted by atomic mass is 9.92. The second-order valence-corrected chi connectivity index (χ2v) is 4.38. The molecule has 0 radical (unpaired) electrons. The topological polar surface area (TPSA) is 33.1 Å². The monoisotopic (exact) mass is 251 g/mol. The Hall–Kier alpha value is -1.45. The third-order valence-electron chi connectivity index (χ3n) is 2.61. The number of nitrogens with zero attached hydrogens (tertiary/aromatic N) is 1. The number of pyridine rings is 1. The first-order valence-corrected chi connectivity index (χ1v) is 5.48. The molecule has 0 aliphatic carbocycles. The number of aliphatic hydroxyl groups is 1. The van der Waals surface area contributed by atoms with Crippen LogP contribution in [0.25, 0.3) is 0 Å². The number of hydrogen-bond donors (Lipinski definition) is 1. The first-order valence-electron chi connectivity index (χ1n) is 5.10. The van der Waals surface area contributed by atoms with Gasteiger partial charge in [0.1, 0.15) is 11.4 Å². The van der Waals surface area contributed by atoms with Crippen LogP contribution in [0.5, 0.6) is 0 Å².